The fourth-order valence-corrected chi connectivity index (χ4v) is 4.43. The van der Waals surface area contributed by atoms with Crippen molar-refractivity contribution in [2.24, 2.45) is 0 Å². The van der Waals surface area contributed by atoms with E-state index in [1.807, 2.05) is 12.3 Å². The van der Waals surface area contributed by atoms with Crippen LogP contribution in [-0.4, -0.2) is 21.0 Å². The summed E-state index contributed by atoms with van der Waals surface area (Å²) in [6, 6.07) is 10.00. The van der Waals surface area contributed by atoms with Crippen molar-refractivity contribution in [2.45, 2.75) is 14.7 Å². The molecule has 21 heavy (non-hydrogen) atoms. The molecule has 106 valence electrons. The fourth-order valence-electron chi connectivity index (χ4n) is 2.32. The van der Waals surface area contributed by atoms with Crippen molar-refractivity contribution in [1.82, 2.24) is 0 Å². The SMILES string of the molecule is CSc1ccc2c(c1)C=Cc1ccc(C=O)cc1S2(=O)=O. The Balaban J connectivity index is 2.32. The zero-order valence-electron chi connectivity index (χ0n) is 11.2. The van der Waals surface area contributed by atoms with Gasteiger partial charge in [0, 0.05) is 10.5 Å². The second kappa shape index (κ2) is 5.16. The summed E-state index contributed by atoms with van der Waals surface area (Å²) in [5, 5.41) is 0. The van der Waals surface area contributed by atoms with Gasteiger partial charge in [-0.3, -0.25) is 4.79 Å². The molecular weight excluding hydrogens is 304 g/mol. The van der Waals surface area contributed by atoms with Crippen molar-refractivity contribution in [3.05, 3.63) is 53.1 Å². The first kappa shape index (κ1) is 14.1. The van der Waals surface area contributed by atoms with Gasteiger partial charge in [-0.2, -0.15) is 0 Å². The average molecular weight is 316 g/mol. The minimum Gasteiger partial charge on any atom is -0.298 e. The van der Waals surface area contributed by atoms with E-state index in [1.54, 1.807) is 48.2 Å². The molecule has 2 aromatic carbocycles. The van der Waals surface area contributed by atoms with Crippen LogP contribution in [0.1, 0.15) is 21.5 Å². The lowest BCUT2D eigenvalue weighted by atomic mass is 10.1. The number of carbonyl (C=O) groups excluding carboxylic acids is 1. The lowest BCUT2D eigenvalue weighted by Crippen LogP contribution is -2.05. The third kappa shape index (κ3) is 2.32. The minimum atomic E-state index is -3.63. The van der Waals surface area contributed by atoms with Crippen LogP contribution in [0.2, 0.25) is 0 Å². The van der Waals surface area contributed by atoms with Crippen molar-refractivity contribution < 1.29 is 13.2 Å². The van der Waals surface area contributed by atoms with Crippen LogP contribution < -0.4 is 0 Å². The Labute approximate surface area is 127 Å². The molecular formula is C16H12O3S2. The molecule has 0 saturated carbocycles. The van der Waals surface area contributed by atoms with E-state index in [9.17, 15) is 13.2 Å². The summed E-state index contributed by atoms with van der Waals surface area (Å²) in [5.74, 6) is 0. The van der Waals surface area contributed by atoms with Crippen molar-refractivity contribution in [3.63, 3.8) is 0 Å². The molecule has 0 atom stereocenters. The fraction of sp³-hybridized carbons (Fsp3) is 0.0625. The first-order valence-corrected chi connectivity index (χ1v) is 8.97. The van der Waals surface area contributed by atoms with Crippen LogP contribution in [0.15, 0.2) is 51.1 Å². The molecule has 0 amide bonds. The molecule has 0 unspecified atom stereocenters. The van der Waals surface area contributed by atoms with Crippen molar-refractivity contribution in [3.8, 4) is 0 Å². The second-order valence-electron chi connectivity index (χ2n) is 4.66. The van der Waals surface area contributed by atoms with Gasteiger partial charge in [0.25, 0.3) is 0 Å². The molecule has 0 bridgehead atoms. The highest BCUT2D eigenvalue weighted by molar-refractivity contribution is 7.98. The number of sulfone groups is 1. The molecule has 1 heterocycles. The van der Waals surface area contributed by atoms with Crippen LogP contribution in [0.5, 0.6) is 0 Å². The van der Waals surface area contributed by atoms with E-state index >= 15 is 0 Å². The largest absolute Gasteiger partial charge is 0.298 e. The predicted molar refractivity (Wildman–Crippen MR) is 84.4 cm³/mol. The zero-order chi connectivity index (χ0) is 15.0. The molecule has 0 spiro atoms. The summed E-state index contributed by atoms with van der Waals surface area (Å²) in [6.45, 7) is 0. The first-order chi connectivity index (χ1) is 10.1. The Morgan fingerprint density at radius 1 is 0.952 bits per heavy atom. The van der Waals surface area contributed by atoms with Gasteiger partial charge < -0.3 is 0 Å². The second-order valence-corrected chi connectivity index (χ2v) is 7.42. The van der Waals surface area contributed by atoms with Gasteiger partial charge in [-0.15, -0.1) is 11.8 Å². The molecule has 1 aliphatic heterocycles. The topological polar surface area (TPSA) is 51.2 Å². The molecule has 0 fully saturated rings. The highest BCUT2D eigenvalue weighted by atomic mass is 32.2. The molecule has 5 heteroatoms. The third-order valence-electron chi connectivity index (χ3n) is 3.41. The van der Waals surface area contributed by atoms with E-state index < -0.39 is 9.84 Å². The molecule has 1 aliphatic rings. The van der Waals surface area contributed by atoms with Crippen LogP contribution >= 0.6 is 11.8 Å². The Bertz CT molecular complexity index is 865. The van der Waals surface area contributed by atoms with Crippen molar-refractivity contribution >= 4 is 40.0 Å². The van der Waals surface area contributed by atoms with Crippen molar-refractivity contribution in [1.29, 1.82) is 0 Å². The van der Waals surface area contributed by atoms with E-state index in [2.05, 4.69) is 0 Å². The molecule has 0 N–H and O–H groups in total. The lowest BCUT2D eigenvalue weighted by molar-refractivity contribution is 0.112. The predicted octanol–water partition coefficient (Wildman–Crippen LogP) is 3.54. The minimum absolute atomic E-state index is 0.180. The van der Waals surface area contributed by atoms with Gasteiger partial charge >= 0.3 is 0 Å². The Hall–Kier alpha value is -1.85. The molecule has 0 saturated heterocycles. The van der Waals surface area contributed by atoms with Crippen LogP contribution in [-0.2, 0) is 9.84 Å². The number of carbonyl (C=O) groups is 1. The molecule has 3 nitrogen and oxygen atoms in total. The Morgan fingerprint density at radius 2 is 1.71 bits per heavy atom. The van der Waals surface area contributed by atoms with E-state index in [1.165, 1.54) is 6.07 Å². The average Bonchev–Trinajstić information content (AvgIpc) is 2.62. The van der Waals surface area contributed by atoms with E-state index in [0.29, 0.717) is 23.0 Å². The van der Waals surface area contributed by atoms with Gasteiger partial charge in [-0.25, -0.2) is 8.42 Å². The molecule has 0 aliphatic carbocycles. The smallest absolute Gasteiger partial charge is 0.207 e. The van der Waals surface area contributed by atoms with Crippen molar-refractivity contribution in [2.75, 3.05) is 6.26 Å². The van der Waals surface area contributed by atoms with Gasteiger partial charge in [-0.05, 0) is 41.6 Å². The summed E-state index contributed by atoms with van der Waals surface area (Å²) in [6.07, 6.45) is 6.18. The van der Waals surface area contributed by atoms with Gasteiger partial charge in [0.15, 0.2) is 0 Å². The summed E-state index contributed by atoms with van der Waals surface area (Å²) < 4.78 is 25.6. The van der Waals surface area contributed by atoms with Gasteiger partial charge in [0.1, 0.15) is 6.29 Å². The normalized spacial score (nSPS) is 14.9. The standard InChI is InChI=1S/C16H12O3S2/c1-20-14-6-7-15-13(9-14)5-4-12-3-2-11(10-17)8-16(12)21(15,18)19/h2-10H,1H3. The van der Waals surface area contributed by atoms with Gasteiger partial charge in [0.05, 0.1) is 9.79 Å². The van der Waals surface area contributed by atoms with Crippen LogP contribution in [0.25, 0.3) is 12.2 Å². The Morgan fingerprint density at radius 3 is 2.43 bits per heavy atom. The summed E-state index contributed by atoms with van der Waals surface area (Å²) in [7, 11) is -3.63. The summed E-state index contributed by atoms with van der Waals surface area (Å²) >= 11 is 1.56. The van der Waals surface area contributed by atoms with E-state index in [4.69, 9.17) is 0 Å². The molecule has 3 rings (SSSR count). The molecule has 0 aromatic heterocycles. The maximum absolute atomic E-state index is 12.8. The molecule has 2 aromatic rings. The number of thioether (sulfide) groups is 1. The Kier molecular flexibility index (Phi) is 3.47. The third-order valence-corrected chi connectivity index (χ3v) is 6.02. The van der Waals surface area contributed by atoms with Gasteiger partial charge in [0.2, 0.25) is 9.84 Å². The number of aldehydes is 1. The molecule has 0 radical (unpaired) electrons. The number of rotatable bonds is 2. The van der Waals surface area contributed by atoms with Crippen LogP contribution in [0, 0.1) is 0 Å². The zero-order valence-corrected chi connectivity index (χ0v) is 12.9. The highest BCUT2D eigenvalue weighted by Crippen LogP contribution is 2.34. The number of benzene rings is 2. The lowest BCUT2D eigenvalue weighted by Gasteiger charge is -2.09. The monoisotopic (exact) mass is 316 g/mol. The summed E-state index contributed by atoms with van der Waals surface area (Å²) in [4.78, 5) is 12.4. The number of hydrogen-bond donors (Lipinski definition) is 0. The quantitative estimate of drug-likeness (QED) is 0.536. The number of fused-ring (bicyclic) bond motifs is 2. The highest BCUT2D eigenvalue weighted by Gasteiger charge is 2.25. The van der Waals surface area contributed by atoms with Crippen LogP contribution in [0.4, 0.5) is 0 Å². The maximum Gasteiger partial charge on any atom is 0.207 e. The summed E-state index contributed by atoms with van der Waals surface area (Å²) in [5.41, 5.74) is 1.63. The van der Waals surface area contributed by atoms with Crippen LogP contribution in [0.3, 0.4) is 0 Å². The first-order valence-electron chi connectivity index (χ1n) is 6.27. The van der Waals surface area contributed by atoms with E-state index in [-0.39, 0.29) is 9.79 Å². The van der Waals surface area contributed by atoms with Gasteiger partial charge in [-0.1, -0.05) is 24.3 Å². The van der Waals surface area contributed by atoms with E-state index in [0.717, 1.165) is 4.90 Å². The number of hydrogen-bond acceptors (Lipinski definition) is 4. The maximum atomic E-state index is 12.8.